The molecule has 172 valence electrons. The first-order valence-corrected chi connectivity index (χ1v) is 13.6. The van der Waals surface area contributed by atoms with Crippen molar-refractivity contribution >= 4 is 11.8 Å². The summed E-state index contributed by atoms with van der Waals surface area (Å²) in [7, 11) is 0. The molecule has 1 heterocycles. The van der Waals surface area contributed by atoms with Gasteiger partial charge in [0.1, 0.15) is 0 Å². The van der Waals surface area contributed by atoms with Crippen molar-refractivity contribution in [2.24, 2.45) is 0 Å². The molecule has 0 radical (unpaired) electrons. The molecule has 1 spiro atoms. The van der Waals surface area contributed by atoms with Crippen molar-refractivity contribution in [3.8, 4) is 11.3 Å². The van der Waals surface area contributed by atoms with E-state index in [1.165, 1.54) is 43.2 Å². The first kappa shape index (κ1) is 22.5. The number of nitrogens with zero attached hydrogens (tertiary/aromatic N) is 2. The van der Waals surface area contributed by atoms with Gasteiger partial charge in [-0.3, -0.25) is 9.36 Å². The molecule has 0 amide bonds. The minimum atomic E-state index is -0.0451. The largest absolute Gasteiger partial charge is 0.283 e. The first-order chi connectivity index (χ1) is 16.2. The van der Waals surface area contributed by atoms with Crippen molar-refractivity contribution in [2.75, 3.05) is 5.75 Å². The van der Waals surface area contributed by atoms with E-state index >= 15 is 0 Å². The molecule has 1 saturated carbocycles. The van der Waals surface area contributed by atoms with Crippen LogP contribution in [-0.4, -0.2) is 15.3 Å². The van der Waals surface area contributed by atoms with Crippen molar-refractivity contribution in [3.05, 3.63) is 81.6 Å². The zero-order valence-electron chi connectivity index (χ0n) is 19.7. The summed E-state index contributed by atoms with van der Waals surface area (Å²) < 4.78 is 1.98. The number of rotatable bonds is 8. The van der Waals surface area contributed by atoms with Crippen LogP contribution in [0, 0.1) is 0 Å². The second-order valence-electron chi connectivity index (χ2n) is 9.73. The van der Waals surface area contributed by atoms with Crippen molar-refractivity contribution in [2.45, 2.75) is 81.8 Å². The maximum Gasteiger partial charge on any atom is 0.258 e. The smallest absolute Gasteiger partial charge is 0.258 e. The molecule has 3 nitrogen and oxygen atoms in total. The minimum absolute atomic E-state index is 0.0451. The Morgan fingerprint density at radius 3 is 2.52 bits per heavy atom. The van der Waals surface area contributed by atoms with Crippen molar-refractivity contribution in [3.63, 3.8) is 0 Å². The molecular formula is C29H34N2OS. The van der Waals surface area contributed by atoms with Gasteiger partial charge in [0.25, 0.3) is 5.56 Å². The summed E-state index contributed by atoms with van der Waals surface area (Å²) >= 11 is 1.76. The van der Waals surface area contributed by atoms with Crippen LogP contribution < -0.4 is 5.56 Å². The lowest BCUT2D eigenvalue weighted by molar-refractivity contribution is 0.417. The van der Waals surface area contributed by atoms with Gasteiger partial charge in [0, 0.05) is 16.7 Å². The Hall–Kier alpha value is -2.33. The Labute approximate surface area is 201 Å². The zero-order valence-corrected chi connectivity index (χ0v) is 20.5. The molecule has 2 aliphatic carbocycles. The number of unbranched alkanes of at least 4 members (excludes halogenated alkanes) is 3. The molecule has 3 aromatic rings. The molecular weight excluding hydrogens is 424 g/mol. The van der Waals surface area contributed by atoms with E-state index in [1.807, 2.05) is 10.6 Å². The van der Waals surface area contributed by atoms with Gasteiger partial charge in [0.15, 0.2) is 5.16 Å². The Balaban J connectivity index is 1.63. The topological polar surface area (TPSA) is 34.9 Å². The average Bonchev–Trinajstić information content (AvgIpc) is 3.30. The highest BCUT2D eigenvalue weighted by atomic mass is 32.2. The predicted octanol–water partition coefficient (Wildman–Crippen LogP) is 7.00. The number of thioether (sulfide) groups is 1. The van der Waals surface area contributed by atoms with Crippen LogP contribution in [0.1, 0.15) is 75.0 Å². The molecule has 2 aromatic carbocycles. The third-order valence-corrected chi connectivity index (χ3v) is 8.50. The summed E-state index contributed by atoms with van der Waals surface area (Å²) in [4.78, 5) is 19.5. The van der Waals surface area contributed by atoms with Crippen LogP contribution in [0.4, 0.5) is 0 Å². The van der Waals surface area contributed by atoms with Gasteiger partial charge in [-0.25, -0.2) is 4.98 Å². The molecule has 0 N–H and O–H groups in total. The van der Waals surface area contributed by atoms with Crippen molar-refractivity contribution in [1.29, 1.82) is 0 Å². The van der Waals surface area contributed by atoms with E-state index in [2.05, 4.69) is 55.5 Å². The average molecular weight is 459 g/mol. The molecule has 0 atom stereocenters. The Bertz CT molecular complexity index is 1160. The highest BCUT2D eigenvalue weighted by Crippen LogP contribution is 2.50. The number of hydrogen-bond donors (Lipinski definition) is 0. The monoisotopic (exact) mass is 458 g/mol. The fourth-order valence-corrected chi connectivity index (χ4v) is 6.74. The molecule has 1 aromatic heterocycles. The van der Waals surface area contributed by atoms with Gasteiger partial charge in [-0.15, -0.1) is 0 Å². The second-order valence-corrected chi connectivity index (χ2v) is 10.8. The van der Waals surface area contributed by atoms with Gasteiger partial charge < -0.3 is 0 Å². The molecule has 0 saturated heterocycles. The maximum absolute atomic E-state index is 14.3. The molecule has 0 bridgehead atoms. The summed E-state index contributed by atoms with van der Waals surface area (Å²) in [5.41, 5.74) is 5.79. The Kier molecular flexibility index (Phi) is 6.73. The maximum atomic E-state index is 14.3. The molecule has 2 aliphatic rings. The fraction of sp³-hybridized carbons (Fsp3) is 0.448. The molecule has 5 rings (SSSR count). The van der Waals surface area contributed by atoms with Gasteiger partial charge in [0.05, 0.1) is 17.8 Å². The van der Waals surface area contributed by atoms with Crippen molar-refractivity contribution in [1.82, 2.24) is 9.55 Å². The second kappa shape index (κ2) is 9.89. The van der Waals surface area contributed by atoms with E-state index in [1.54, 1.807) is 11.8 Å². The quantitative estimate of drug-likeness (QED) is 0.207. The van der Waals surface area contributed by atoms with E-state index in [4.69, 9.17) is 4.98 Å². The lowest BCUT2D eigenvalue weighted by Crippen LogP contribution is -2.40. The van der Waals surface area contributed by atoms with E-state index in [0.717, 1.165) is 53.4 Å². The normalized spacial score (nSPS) is 16.0. The number of fused-ring (bicyclic) bond motifs is 4. The Morgan fingerprint density at radius 2 is 1.73 bits per heavy atom. The molecule has 33 heavy (non-hydrogen) atoms. The van der Waals surface area contributed by atoms with Gasteiger partial charge >= 0.3 is 0 Å². The molecule has 4 heteroatoms. The van der Waals surface area contributed by atoms with Crippen LogP contribution in [0.15, 0.2) is 64.5 Å². The van der Waals surface area contributed by atoms with E-state index in [-0.39, 0.29) is 11.0 Å². The summed E-state index contributed by atoms with van der Waals surface area (Å²) in [6.45, 7) is 2.83. The number of benzene rings is 2. The van der Waals surface area contributed by atoms with Crippen LogP contribution in [0.3, 0.4) is 0 Å². The summed E-state index contributed by atoms with van der Waals surface area (Å²) in [5.74, 6) is 1.01. The third-order valence-electron chi connectivity index (χ3n) is 7.44. The van der Waals surface area contributed by atoms with Crippen LogP contribution >= 0.6 is 11.8 Å². The van der Waals surface area contributed by atoms with Crippen LogP contribution in [0.2, 0.25) is 0 Å². The van der Waals surface area contributed by atoms with E-state index in [0.29, 0.717) is 6.54 Å². The third kappa shape index (κ3) is 4.42. The SMILES string of the molecule is CCCCCCSc1nc2c(c(=O)n1Cc1ccccc1)C1(CCCC1)Cc1ccccc1-2. The predicted molar refractivity (Wildman–Crippen MR) is 138 cm³/mol. The number of hydrogen-bond acceptors (Lipinski definition) is 3. The highest BCUT2D eigenvalue weighted by molar-refractivity contribution is 7.99. The van der Waals surface area contributed by atoms with Crippen LogP contribution in [0.25, 0.3) is 11.3 Å². The Morgan fingerprint density at radius 1 is 0.970 bits per heavy atom. The summed E-state index contributed by atoms with van der Waals surface area (Å²) in [5, 5.41) is 0.879. The minimum Gasteiger partial charge on any atom is -0.283 e. The van der Waals surface area contributed by atoms with Gasteiger partial charge in [0.2, 0.25) is 0 Å². The van der Waals surface area contributed by atoms with Crippen LogP contribution in [0.5, 0.6) is 0 Å². The lowest BCUT2D eigenvalue weighted by atomic mass is 9.68. The van der Waals surface area contributed by atoms with Gasteiger partial charge in [-0.2, -0.15) is 0 Å². The van der Waals surface area contributed by atoms with E-state index < -0.39 is 0 Å². The zero-order chi connectivity index (χ0) is 22.7. The molecule has 0 unspecified atom stereocenters. The lowest BCUT2D eigenvalue weighted by Gasteiger charge is -2.36. The van der Waals surface area contributed by atoms with Crippen molar-refractivity contribution < 1.29 is 0 Å². The number of aromatic nitrogens is 2. The first-order valence-electron chi connectivity index (χ1n) is 12.6. The highest BCUT2D eigenvalue weighted by Gasteiger charge is 2.44. The summed E-state index contributed by atoms with van der Waals surface area (Å²) in [6, 6.07) is 19.0. The molecule has 1 fully saturated rings. The fourth-order valence-electron chi connectivity index (χ4n) is 5.75. The van der Waals surface area contributed by atoms with Gasteiger partial charge in [-0.05, 0) is 36.8 Å². The molecule has 0 aliphatic heterocycles. The van der Waals surface area contributed by atoms with Gasteiger partial charge in [-0.1, -0.05) is 105 Å². The van der Waals surface area contributed by atoms with E-state index in [9.17, 15) is 4.79 Å². The summed E-state index contributed by atoms with van der Waals surface area (Å²) in [6.07, 6.45) is 10.5. The standard InChI is InChI=1S/C29H34N2OS/c1-2-3-4-12-19-33-28-30-26-24-16-9-8-15-23(24)20-29(17-10-11-18-29)25(26)27(32)31(28)21-22-13-6-5-7-14-22/h5-9,13-16H,2-4,10-12,17-21H2,1H3. The van der Waals surface area contributed by atoms with Crippen LogP contribution in [-0.2, 0) is 18.4 Å².